The second-order valence-electron chi connectivity index (χ2n) is 9.30. The van der Waals surface area contributed by atoms with Gasteiger partial charge in [-0.3, -0.25) is 4.79 Å². The van der Waals surface area contributed by atoms with E-state index >= 15 is 0 Å². The van der Waals surface area contributed by atoms with Crippen molar-refractivity contribution in [2.45, 2.75) is 44.6 Å². The molecule has 0 bridgehead atoms. The average molecular weight is 511 g/mol. The van der Waals surface area contributed by atoms with Crippen molar-refractivity contribution in [1.29, 1.82) is 0 Å². The van der Waals surface area contributed by atoms with E-state index < -0.39 is 41.2 Å². The molecule has 3 aromatic carbocycles. The summed E-state index contributed by atoms with van der Waals surface area (Å²) in [4.78, 5) is 12.7. The van der Waals surface area contributed by atoms with Crippen LogP contribution in [0.3, 0.4) is 0 Å². The van der Waals surface area contributed by atoms with Gasteiger partial charge in [0.05, 0.1) is 12.0 Å². The van der Waals surface area contributed by atoms with Crippen molar-refractivity contribution in [2.75, 3.05) is 6.61 Å². The van der Waals surface area contributed by atoms with Crippen molar-refractivity contribution in [3.63, 3.8) is 0 Å². The Morgan fingerprint density at radius 1 is 1.00 bits per heavy atom. The molecular weight excluding hydrogens is 481 g/mol. The highest BCUT2D eigenvalue weighted by atomic mass is 19.2. The molecule has 1 atom stereocenters. The van der Waals surface area contributed by atoms with Crippen LogP contribution in [0.4, 0.5) is 13.2 Å². The lowest BCUT2D eigenvalue weighted by Crippen LogP contribution is -2.25. The highest BCUT2D eigenvalue weighted by Crippen LogP contribution is 2.38. The van der Waals surface area contributed by atoms with Crippen LogP contribution in [0.2, 0.25) is 0 Å². The lowest BCUT2D eigenvalue weighted by Gasteiger charge is -2.27. The Morgan fingerprint density at radius 3 is 2.30 bits per heavy atom. The van der Waals surface area contributed by atoms with E-state index in [1.807, 2.05) is 6.07 Å². The summed E-state index contributed by atoms with van der Waals surface area (Å²) in [6.07, 6.45) is 3.15. The summed E-state index contributed by atoms with van der Waals surface area (Å²) in [5, 5.41) is 9.63. The molecule has 194 valence electrons. The Morgan fingerprint density at radius 2 is 1.68 bits per heavy atom. The fourth-order valence-corrected chi connectivity index (χ4v) is 4.67. The van der Waals surface area contributed by atoms with Gasteiger partial charge in [0.2, 0.25) is 5.82 Å². The number of rotatable bonds is 8. The maximum Gasteiger partial charge on any atom is 0.314 e. The maximum absolute atomic E-state index is 14.8. The summed E-state index contributed by atoms with van der Waals surface area (Å²) in [5.41, 5.74) is 1.96. The van der Waals surface area contributed by atoms with Crippen molar-refractivity contribution in [2.24, 2.45) is 5.92 Å². The number of aliphatic hydroxyl groups excluding tert-OH is 1. The number of aliphatic hydroxyl groups is 1. The van der Waals surface area contributed by atoms with Gasteiger partial charge in [-0.1, -0.05) is 43.0 Å². The quantitative estimate of drug-likeness (QED) is 0.197. The van der Waals surface area contributed by atoms with Crippen LogP contribution in [0.15, 0.2) is 67.3 Å². The maximum atomic E-state index is 14.8. The van der Waals surface area contributed by atoms with Crippen molar-refractivity contribution < 1.29 is 32.5 Å². The van der Waals surface area contributed by atoms with Crippen LogP contribution in [0.1, 0.15) is 55.8 Å². The Hall–Kier alpha value is -3.58. The molecule has 1 saturated carbocycles. The molecule has 3 aromatic rings. The molecule has 4 rings (SSSR count). The smallest absolute Gasteiger partial charge is 0.314 e. The fraction of sp³-hybridized carbons (Fsp3) is 0.300. The Labute approximate surface area is 214 Å². The minimum atomic E-state index is -1.23. The monoisotopic (exact) mass is 510 g/mol. The molecule has 1 aliphatic rings. The molecule has 0 heterocycles. The first-order chi connectivity index (χ1) is 17.8. The van der Waals surface area contributed by atoms with Crippen LogP contribution in [0, 0.1) is 23.4 Å². The van der Waals surface area contributed by atoms with Crippen LogP contribution >= 0.6 is 0 Å². The van der Waals surface area contributed by atoms with Crippen LogP contribution in [0.25, 0.3) is 11.1 Å². The molecule has 7 heteroatoms. The highest BCUT2D eigenvalue weighted by molar-refractivity contribution is 5.76. The summed E-state index contributed by atoms with van der Waals surface area (Å²) in [6, 6.07) is 14.0. The summed E-state index contributed by atoms with van der Waals surface area (Å²) in [5.74, 6) is -4.04. The molecule has 0 aliphatic heterocycles. The number of ether oxygens (including phenoxy) is 2. The molecule has 1 aliphatic carbocycles. The second-order valence-corrected chi connectivity index (χ2v) is 9.30. The fourth-order valence-electron chi connectivity index (χ4n) is 4.67. The van der Waals surface area contributed by atoms with Gasteiger partial charge in [0.1, 0.15) is 6.61 Å². The van der Waals surface area contributed by atoms with Gasteiger partial charge in [0.15, 0.2) is 23.1 Å². The standard InChI is InChI=1S/C30H29F3O4/c1-3-16-36-26-14-12-23(17-25(26)31)20-6-10-22(11-7-20)30(35)37-27-15-13-24(28(32)29(27)33)21-8-4-19(5-9-21)18(2)34/h3-5,8-9,12-15,17-18,20,22,34H,1,6-7,10-11,16H2,2H3. The largest absolute Gasteiger partial charge is 0.486 e. The molecule has 1 unspecified atom stereocenters. The van der Waals surface area contributed by atoms with Crippen LogP contribution in [0.5, 0.6) is 11.5 Å². The Kier molecular flexibility index (Phi) is 8.34. The average Bonchev–Trinajstić information content (AvgIpc) is 2.91. The van der Waals surface area contributed by atoms with Gasteiger partial charge in [0.25, 0.3) is 0 Å². The number of hydrogen-bond acceptors (Lipinski definition) is 4. The van der Waals surface area contributed by atoms with Gasteiger partial charge in [-0.25, -0.2) is 8.78 Å². The van der Waals surface area contributed by atoms with Gasteiger partial charge in [0, 0.05) is 5.56 Å². The van der Waals surface area contributed by atoms with E-state index in [9.17, 15) is 23.1 Å². The molecule has 37 heavy (non-hydrogen) atoms. The Balaban J connectivity index is 1.38. The van der Waals surface area contributed by atoms with E-state index in [2.05, 4.69) is 6.58 Å². The normalized spacial score (nSPS) is 18.2. The van der Waals surface area contributed by atoms with E-state index in [0.29, 0.717) is 36.8 Å². The number of hydrogen-bond donors (Lipinski definition) is 1. The van der Waals surface area contributed by atoms with E-state index in [4.69, 9.17) is 9.47 Å². The van der Waals surface area contributed by atoms with Crippen LogP contribution in [-0.2, 0) is 4.79 Å². The lowest BCUT2D eigenvalue weighted by molar-refractivity contribution is -0.140. The van der Waals surface area contributed by atoms with Crippen LogP contribution in [-0.4, -0.2) is 17.7 Å². The number of halogens is 3. The van der Waals surface area contributed by atoms with Crippen molar-refractivity contribution >= 4 is 5.97 Å². The first-order valence-corrected chi connectivity index (χ1v) is 12.3. The lowest BCUT2D eigenvalue weighted by atomic mass is 9.78. The predicted molar refractivity (Wildman–Crippen MR) is 135 cm³/mol. The van der Waals surface area contributed by atoms with E-state index in [1.54, 1.807) is 43.3 Å². The molecular formula is C30H29F3O4. The summed E-state index contributed by atoms with van der Waals surface area (Å²) >= 11 is 0. The molecule has 1 fully saturated rings. The molecule has 0 aromatic heterocycles. The van der Waals surface area contributed by atoms with Gasteiger partial charge in [-0.15, -0.1) is 0 Å². The minimum absolute atomic E-state index is 0.0306. The summed E-state index contributed by atoms with van der Waals surface area (Å²) in [7, 11) is 0. The topological polar surface area (TPSA) is 55.8 Å². The molecule has 0 saturated heterocycles. The first kappa shape index (κ1) is 26.5. The van der Waals surface area contributed by atoms with E-state index in [0.717, 1.165) is 5.56 Å². The van der Waals surface area contributed by atoms with Crippen LogP contribution < -0.4 is 9.47 Å². The van der Waals surface area contributed by atoms with Gasteiger partial charge < -0.3 is 14.6 Å². The third-order valence-corrected chi connectivity index (χ3v) is 6.81. The minimum Gasteiger partial charge on any atom is -0.486 e. The third-order valence-electron chi connectivity index (χ3n) is 6.81. The van der Waals surface area contributed by atoms with E-state index in [1.165, 1.54) is 18.2 Å². The zero-order chi connectivity index (χ0) is 26.5. The Bertz CT molecular complexity index is 1260. The molecule has 0 spiro atoms. The third kappa shape index (κ3) is 6.05. The highest BCUT2D eigenvalue weighted by Gasteiger charge is 2.30. The summed E-state index contributed by atoms with van der Waals surface area (Å²) < 4.78 is 54.4. The number of carbonyl (C=O) groups excluding carboxylic acids is 1. The SMILES string of the molecule is C=CCOc1ccc(C2CCC(C(=O)Oc3ccc(-c4ccc(C(C)O)cc4)c(F)c3F)CC2)cc1F. The molecule has 4 nitrogen and oxygen atoms in total. The van der Waals surface area contributed by atoms with Crippen molar-refractivity contribution in [3.05, 3.63) is 95.8 Å². The number of carbonyl (C=O) groups is 1. The number of esters is 1. The number of benzene rings is 3. The van der Waals surface area contributed by atoms with Gasteiger partial charge >= 0.3 is 5.97 Å². The zero-order valence-electron chi connectivity index (χ0n) is 20.6. The molecule has 1 N–H and O–H groups in total. The van der Waals surface area contributed by atoms with Crippen molar-refractivity contribution in [1.82, 2.24) is 0 Å². The second kappa shape index (κ2) is 11.6. The molecule has 0 amide bonds. The molecule has 0 radical (unpaired) electrons. The van der Waals surface area contributed by atoms with Crippen molar-refractivity contribution in [3.8, 4) is 22.6 Å². The van der Waals surface area contributed by atoms with Gasteiger partial charge in [-0.2, -0.15) is 4.39 Å². The van der Waals surface area contributed by atoms with E-state index in [-0.39, 0.29) is 23.8 Å². The van der Waals surface area contributed by atoms with Gasteiger partial charge in [-0.05, 0) is 79.5 Å². The summed E-state index contributed by atoms with van der Waals surface area (Å²) in [6.45, 7) is 5.38. The predicted octanol–water partition coefficient (Wildman–Crippen LogP) is 7.27. The first-order valence-electron chi connectivity index (χ1n) is 12.3. The zero-order valence-corrected chi connectivity index (χ0v) is 20.6.